The molecular formula is C11H18ClFN2O2S. The first kappa shape index (κ1) is 17.3. The van der Waals surface area contributed by atoms with Gasteiger partial charge in [-0.3, -0.25) is 0 Å². The molecule has 3 N–H and O–H groups in total. The largest absolute Gasteiger partial charge is 0.324 e. The Morgan fingerprint density at radius 3 is 2.22 bits per heavy atom. The average Bonchev–Trinajstić information content (AvgIpc) is 2.18. The van der Waals surface area contributed by atoms with Gasteiger partial charge < -0.3 is 5.73 Å². The molecule has 18 heavy (non-hydrogen) atoms. The molecule has 1 aromatic rings. The highest BCUT2D eigenvalue weighted by Crippen LogP contribution is 2.07. The molecule has 104 valence electrons. The molecule has 0 saturated heterocycles. The van der Waals surface area contributed by atoms with E-state index in [0.29, 0.717) is 5.56 Å². The molecule has 0 amide bonds. The molecule has 0 atom stereocenters. The van der Waals surface area contributed by atoms with Crippen LogP contribution in [0.4, 0.5) is 4.39 Å². The van der Waals surface area contributed by atoms with Gasteiger partial charge >= 0.3 is 0 Å². The second-order valence-corrected chi connectivity index (χ2v) is 6.50. The van der Waals surface area contributed by atoms with Crippen LogP contribution < -0.4 is 10.5 Å². The van der Waals surface area contributed by atoms with Crippen LogP contribution in [0.2, 0.25) is 0 Å². The smallest absolute Gasteiger partial charge is 0.215 e. The summed E-state index contributed by atoms with van der Waals surface area (Å²) in [6.45, 7) is 3.62. The van der Waals surface area contributed by atoms with Gasteiger partial charge in [-0.15, -0.1) is 12.4 Å². The SMILES string of the molecule is CC(C)(N)CNS(=O)(=O)Cc1ccc(F)cc1.Cl. The lowest BCUT2D eigenvalue weighted by atomic mass is 10.1. The highest BCUT2D eigenvalue weighted by Gasteiger charge is 2.17. The van der Waals surface area contributed by atoms with Crippen molar-refractivity contribution in [2.24, 2.45) is 5.73 Å². The van der Waals surface area contributed by atoms with Crippen LogP contribution in [0.5, 0.6) is 0 Å². The second kappa shape index (κ2) is 6.47. The predicted molar refractivity (Wildman–Crippen MR) is 72.5 cm³/mol. The monoisotopic (exact) mass is 296 g/mol. The van der Waals surface area contributed by atoms with E-state index in [9.17, 15) is 12.8 Å². The molecule has 0 aromatic heterocycles. The number of hydrogen-bond donors (Lipinski definition) is 2. The first-order chi connectivity index (χ1) is 7.68. The van der Waals surface area contributed by atoms with Crippen molar-refractivity contribution in [2.45, 2.75) is 25.1 Å². The highest BCUT2D eigenvalue weighted by molar-refractivity contribution is 7.88. The predicted octanol–water partition coefficient (Wildman–Crippen LogP) is 1.40. The number of nitrogens with one attached hydrogen (secondary N) is 1. The van der Waals surface area contributed by atoms with Crippen molar-refractivity contribution >= 4 is 22.4 Å². The Morgan fingerprint density at radius 1 is 1.28 bits per heavy atom. The number of hydrogen-bond acceptors (Lipinski definition) is 3. The summed E-state index contributed by atoms with van der Waals surface area (Å²) < 4.78 is 38.4. The summed E-state index contributed by atoms with van der Waals surface area (Å²) in [4.78, 5) is 0. The fourth-order valence-corrected chi connectivity index (χ4v) is 2.47. The van der Waals surface area contributed by atoms with Crippen LogP contribution in [0, 0.1) is 5.82 Å². The van der Waals surface area contributed by atoms with Crippen molar-refractivity contribution in [3.05, 3.63) is 35.6 Å². The summed E-state index contributed by atoms with van der Waals surface area (Å²) in [6, 6.07) is 5.36. The zero-order chi connectivity index (χ0) is 13.1. The van der Waals surface area contributed by atoms with Crippen LogP contribution >= 0.6 is 12.4 Å². The Bertz CT molecular complexity index is 469. The van der Waals surface area contributed by atoms with Crippen molar-refractivity contribution in [3.63, 3.8) is 0 Å². The van der Waals surface area contributed by atoms with Gasteiger partial charge in [0.15, 0.2) is 0 Å². The zero-order valence-corrected chi connectivity index (χ0v) is 11.9. The van der Waals surface area contributed by atoms with Crippen LogP contribution in [0.25, 0.3) is 0 Å². The maximum Gasteiger partial charge on any atom is 0.215 e. The molecule has 0 heterocycles. The molecule has 0 saturated carbocycles. The third-order valence-electron chi connectivity index (χ3n) is 2.02. The Labute approximate surface area is 113 Å². The summed E-state index contributed by atoms with van der Waals surface area (Å²) in [7, 11) is -3.43. The standard InChI is InChI=1S/C11H17FN2O2S.ClH/c1-11(2,13)8-14-17(15,16)7-9-3-5-10(12)6-4-9;/h3-6,14H,7-8,13H2,1-2H3;1H. The van der Waals surface area contributed by atoms with Crippen molar-refractivity contribution < 1.29 is 12.8 Å². The summed E-state index contributed by atoms with van der Waals surface area (Å²) >= 11 is 0. The first-order valence-corrected chi connectivity index (χ1v) is 6.84. The van der Waals surface area contributed by atoms with E-state index in [0.717, 1.165) is 0 Å². The lowest BCUT2D eigenvalue weighted by Gasteiger charge is -2.18. The van der Waals surface area contributed by atoms with Gasteiger partial charge in [0.1, 0.15) is 5.82 Å². The van der Waals surface area contributed by atoms with E-state index in [2.05, 4.69) is 4.72 Å². The Morgan fingerprint density at radius 2 is 1.78 bits per heavy atom. The topological polar surface area (TPSA) is 72.2 Å². The molecule has 0 bridgehead atoms. The van der Waals surface area contributed by atoms with Gasteiger partial charge in [0, 0.05) is 12.1 Å². The van der Waals surface area contributed by atoms with Gasteiger partial charge in [-0.25, -0.2) is 17.5 Å². The van der Waals surface area contributed by atoms with E-state index in [1.165, 1.54) is 24.3 Å². The third-order valence-corrected chi connectivity index (χ3v) is 3.32. The van der Waals surface area contributed by atoms with E-state index >= 15 is 0 Å². The summed E-state index contributed by atoms with van der Waals surface area (Å²) in [6.07, 6.45) is 0. The minimum atomic E-state index is -3.43. The van der Waals surface area contributed by atoms with Gasteiger partial charge in [-0.2, -0.15) is 0 Å². The van der Waals surface area contributed by atoms with Crippen molar-refractivity contribution in [3.8, 4) is 0 Å². The van der Waals surface area contributed by atoms with Gasteiger partial charge in [0.2, 0.25) is 10.0 Å². The second-order valence-electron chi connectivity index (χ2n) is 4.70. The number of rotatable bonds is 5. The molecule has 0 spiro atoms. The lowest BCUT2D eigenvalue weighted by molar-refractivity contribution is 0.497. The molecule has 7 heteroatoms. The van der Waals surface area contributed by atoms with E-state index in [-0.39, 0.29) is 30.5 Å². The molecule has 4 nitrogen and oxygen atoms in total. The fraction of sp³-hybridized carbons (Fsp3) is 0.455. The van der Waals surface area contributed by atoms with E-state index in [1.54, 1.807) is 13.8 Å². The summed E-state index contributed by atoms with van der Waals surface area (Å²) in [5.74, 6) is -0.564. The van der Waals surface area contributed by atoms with E-state index < -0.39 is 15.6 Å². The quantitative estimate of drug-likeness (QED) is 0.863. The van der Waals surface area contributed by atoms with Crippen LogP contribution in [0.15, 0.2) is 24.3 Å². The van der Waals surface area contributed by atoms with Crippen LogP contribution in [0.3, 0.4) is 0 Å². The van der Waals surface area contributed by atoms with Gasteiger partial charge in [-0.1, -0.05) is 12.1 Å². The molecule has 0 fully saturated rings. The van der Waals surface area contributed by atoms with E-state index in [1.807, 2.05) is 0 Å². The molecule has 0 unspecified atom stereocenters. The van der Waals surface area contributed by atoms with Gasteiger partial charge in [0.05, 0.1) is 5.75 Å². The van der Waals surface area contributed by atoms with Crippen LogP contribution in [-0.4, -0.2) is 20.5 Å². The molecule has 0 radical (unpaired) electrons. The normalized spacial score (nSPS) is 12.0. The lowest BCUT2D eigenvalue weighted by Crippen LogP contribution is -2.45. The fourth-order valence-electron chi connectivity index (χ4n) is 1.15. The third kappa shape index (κ3) is 6.90. The van der Waals surface area contributed by atoms with E-state index in [4.69, 9.17) is 5.73 Å². The maximum absolute atomic E-state index is 12.6. The molecule has 0 aliphatic heterocycles. The Kier molecular flexibility index (Phi) is 6.22. The summed E-state index contributed by atoms with van der Waals surface area (Å²) in [5.41, 5.74) is 5.61. The molecule has 1 aromatic carbocycles. The number of nitrogens with two attached hydrogens (primary N) is 1. The minimum absolute atomic E-state index is 0. The van der Waals surface area contributed by atoms with Crippen molar-refractivity contribution in [1.29, 1.82) is 0 Å². The van der Waals surface area contributed by atoms with Crippen LogP contribution in [-0.2, 0) is 15.8 Å². The van der Waals surface area contributed by atoms with Crippen molar-refractivity contribution in [2.75, 3.05) is 6.54 Å². The van der Waals surface area contributed by atoms with Crippen LogP contribution in [0.1, 0.15) is 19.4 Å². The summed E-state index contributed by atoms with van der Waals surface area (Å²) in [5, 5.41) is 0. The first-order valence-electron chi connectivity index (χ1n) is 5.19. The Balaban J connectivity index is 0.00000289. The molecular weight excluding hydrogens is 279 g/mol. The van der Waals surface area contributed by atoms with Gasteiger partial charge in [0.25, 0.3) is 0 Å². The van der Waals surface area contributed by atoms with Crippen molar-refractivity contribution in [1.82, 2.24) is 4.72 Å². The maximum atomic E-state index is 12.6. The highest BCUT2D eigenvalue weighted by atomic mass is 35.5. The minimum Gasteiger partial charge on any atom is -0.324 e. The molecule has 1 rings (SSSR count). The van der Waals surface area contributed by atoms with Gasteiger partial charge in [-0.05, 0) is 31.5 Å². The number of sulfonamides is 1. The Hall–Kier alpha value is -0.690. The zero-order valence-electron chi connectivity index (χ0n) is 10.3. The number of halogens is 2. The number of benzene rings is 1. The molecule has 0 aliphatic carbocycles. The molecule has 0 aliphatic rings. The average molecular weight is 297 g/mol.